The molecule has 12 heavy (non-hydrogen) atoms. The van der Waals surface area contributed by atoms with Crippen LogP contribution in [0.1, 0.15) is 11.1 Å². The Morgan fingerprint density at radius 3 is 2.83 bits per heavy atom. The molecule has 0 aliphatic rings. The van der Waals surface area contributed by atoms with E-state index in [1.807, 2.05) is 25.1 Å². The lowest BCUT2D eigenvalue weighted by molar-refractivity contribution is 0.475. The van der Waals surface area contributed by atoms with Gasteiger partial charge in [-0.3, -0.25) is 0 Å². The molecular formula is C10H11ClO. The largest absolute Gasteiger partial charge is 0.508 e. The third-order valence-corrected chi connectivity index (χ3v) is 1.82. The zero-order valence-electron chi connectivity index (χ0n) is 6.92. The van der Waals surface area contributed by atoms with Gasteiger partial charge in [0.05, 0.1) is 0 Å². The molecule has 64 valence electrons. The first-order valence-electron chi connectivity index (χ1n) is 3.76. The van der Waals surface area contributed by atoms with Crippen LogP contribution in [0.25, 0.3) is 6.08 Å². The number of aromatic hydroxyl groups is 1. The van der Waals surface area contributed by atoms with Gasteiger partial charge in [0.25, 0.3) is 0 Å². The molecule has 1 nitrogen and oxygen atoms in total. The summed E-state index contributed by atoms with van der Waals surface area (Å²) in [6.45, 7) is 1.95. The highest BCUT2D eigenvalue weighted by molar-refractivity contribution is 6.19. The van der Waals surface area contributed by atoms with Crippen LogP contribution < -0.4 is 0 Å². The van der Waals surface area contributed by atoms with Crippen molar-refractivity contribution in [2.45, 2.75) is 6.92 Å². The van der Waals surface area contributed by atoms with Crippen LogP contribution in [0, 0.1) is 6.92 Å². The first kappa shape index (κ1) is 9.14. The molecule has 0 radical (unpaired) electrons. The zero-order valence-corrected chi connectivity index (χ0v) is 7.67. The van der Waals surface area contributed by atoms with Crippen LogP contribution in [-0.4, -0.2) is 11.0 Å². The van der Waals surface area contributed by atoms with Crippen molar-refractivity contribution < 1.29 is 5.11 Å². The maximum Gasteiger partial charge on any atom is 0.115 e. The van der Waals surface area contributed by atoms with Crippen molar-refractivity contribution in [3.8, 4) is 5.75 Å². The number of halogens is 1. The van der Waals surface area contributed by atoms with E-state index in [4.69, 9.17) is 16.7 Å². The van der Waals surface area contributed by atoms with E-state index in [0.717, 1.165) is 11.1 Å². The van der Waals surface area contributed by atoms with E-state index in [2.05, 4.69) is 0 Å². The molecule has 1 aromatic rings. The van der Waals surface area contributed by atoms with Crippen molar-refractivity contribution in [3.05, 3.63) is 35.4 Å². The lowest BCUT2D eigenvalue weighted by Gasteiger charge is -1.99. The van der Waals surface area contributed by atoms with E-state index in [1.165, 1.54) is 0 Å². The molecule has 0 bridgehead atoms. The van der Waals surface area contributed by atoms with Gasteiger partial charge in [-0.25, -0.2) is 0 Å². The molecular weight excluding hydrogens is 172 g/mol. The van der Waals surface area contributed by atoms with Crippen molar-refractivity contribution in [1.82, 2.24) is 0 Å². The van der Waals surface area contributed by atoms with Crippen molar-refractivity contribution in [2.75, 3.05) is 5.88 Å². The van der Waals surface area contributed by atoms with Gasteiger partial charge in [0.2, 0.25) is 0 Å². The van der Waals surface area contributed by atoms with Crippen LogP contribution in [0.4, 0.5) is 0 Å². The smallest absolute Gasteiger partial charge is 0.115 e. The summed E-state index contributed by atoms with van der Waals surface area (Å²) in [5, 5.41) is 9.11. The maximum atomic E-state index is 9.11. The predicted octanol–water partition coefficient (Wildman–Crippen LogP) is 2.95. The van der Waals surface area contributed by atoms with Gasteiger partial charge in [0.15, 0.2) is 0 Å². The van der Waals surface area contributed by atoms with Gasteiger partial charge < -0.3 is 5.11 Å². The predicted molar refractivity (Wildman–Crippen MR) is 52.6 cm³/mol. The van der Waals surface area contributed by atoms with Gasteiger partial charge in [-0.15, -0.1) is 11.6 Å². The standard InChI is InChI=1S/C10H11ClO/c1-8-7-10(12)5-4-9(8)3-2-6-11/h2-5,7,12H,6H2,1H3. The molecule has 1 aromatic carbocycles. The number of phenolic OH excluding ortho intramolecular Hbond substituents is 1. The Morgan fingerprint density at radius 1 is 1.50 bits per heavy atom. The summed E-state index contributed by atoms with van der Waals surface area (Å²) in [5.74, 6) is 0.816. The zero-order chi connectivity index (χ0) is 8.97. The van der Waals surface area contributed by atoms with E-state index in [-0.39, 0.29) is 0 Å². The number of aryl methyl sites for hydroxylation is 1. The van der Waals surface area contributed by atoms with Gasteiger partial charge in [0, 0.05) is 5.88 Å². The Hall–Kier alpha value is -0.950. The number of benzene rings is 1. The van der Waals surface area contributed by atoms with Gasteiger partial charge in [-0.2, -0.15) is 0 Å². The monoisotopic (exact) mass is 182 g/mol. The van der Waals surface area contributed by atoms with Crippen molar-refractivity contribution >= 4 is 17.7 Å². The molecule has 0 saturated carbocycles. The summed E-state index contributed by atoms with van der Waals surface area (Å²) in [6.07, 6.45) is 3.82. The van der Waals surface area contributed by atoms with Crippen molar-refractivity contribution in [2.24, 2.45) is 0 Å². The fraction of sp³-hybridized carbons (Fsp3) is 0.200. The average molecular weight is 183 g/mol. The van der Waals surface area contributed by atoms with Gasteiger partial charge in [-0.05, 0) is 30.2 Å². The Balaban J connectivity index is 2.94. The minimum atomic E-state index is 0.301. The topological polar surface area (TPSA) is 20.2 Å². The van der Waals surface area contributed by atoms with E-state index < -0.39 is 0 Å². The highest BCUT2D eigenvalue weighted by Gasteiger charge is 1.94. The van der Waals surface area contributed by atoms with Crippen LogP contribution in [-0.2, 0) is 0 Å². The summed E-state index contributed by atoms with van der Waals surface area (Å²) in [4.78, 5) is 0. The summed E-state index contributed by atoms with van der Waals surface area (Å²) in [5.41, 5.74) is 2.14. The van der Waals surface area contributed by atoms with E-state index >= 15 is 0 Å². The van der Waals surface area contributed by atoms with Gasteiger partial charge in [0.1, 0.15) is 5.75 Å². The fourth-order valence-corrected chi connectivity index (χ4v) is 1.11. The number of alkyl halides is 1. The van der Waals surface area contributed by atoms with Crippen LogP contribution in [0.5, 0.6) is 5.75 Å². The second-order valence-corrected chi connectivity index (χ2v) is 2.91. The maximum absolute atomic E-state index is 9.11. The molecule has 0 heterocycles. The number of allylic oxidation sites excluding steroid dienone is 1. The van der Waals surface area contributed by atoms with E-state index in [0.29, 0.717) is 11.6 Å². The van der Waals surface area contributed by atoms with Crippen LogP contribution in [0.3, 0.4) is 0 Å². The highest BCUT2D eigenvalue weighted by Crippen LogP contribution is 2.16. The molecule has 0 spiro atoms. The Labute approximate surface area is 77.3 Å². The molecule has 0 aromatic heterocycles. The number of phenols is 1. The Bertz CT molecular complexity index is 292. The second-order valence-electron chi connectivity index (χ2n) is 2.60. The van der Waals surface area contributed by atoms with Crippen LogP contribution >= 0.6 is 11.6 Å². The lowest BCUT2D eigenvalue weighted by Crippen LogP contribution is -1.79. The normalized spacial score (nSPS) is 10.8. The second kappa shape index (κ2) is 4.17. The Kier molecular flexibility index (Phi) is 3.18. The molecule has 0 aliphatic heterocycles. The van der Waals surface area contributed by atoms with E-state index in [9.17, 15) is 0 Å². The summed E-state index contributed by atoms with van der Waals surface area (Å²) < 4.78 is 0. The SMILES string of the molecule is Cc1cc(O)ccc1C=CCCl. The molecule has 0 atom stereocenters. The molecule has 2 heteroatoms. The molecule has 0 aliphatic carbocycles. The summed E-state index contributed by atoms with van der Waals surface area (Å²) >= 11 is 5.50. The van der Waals surface area contributed by atoms with Crippen LogP contribution in [0.15, 0.2) is 24.3 Å². The molecule has 0 fully saturated rings. The quantitative estimate of drug-likeness (QED) is 0.698. The number of hydrogen-bond donors (Lipinski definition) is 1. The number of rotatable bonds is 2. The third kappa shape index (κ3) is 2.28. The lowest BCUT2D eigenvalue weighted by atomic mass is 10.1. The molecule has 1 rings (SSSR count). The highest BCUT2D eigenvalue weighted by atomic mass is 35.5. The summed E-state index contributed by atoms with van der Waals surface area (Å²) in [7, 11) is 0. The molecule has 0 amide bonds. The van der Waals surface area contributed by atoms with Gasteiger partial charge >= 0.3 is 0 Å². The fourth-order valence-electron chi connectivity index (χ4n) is 1.02. The third-order valence-electron chi connectivity index (χ3n) is 1.64. The first-order valence-corrected chi connectivity index (χ1v) is 4.29. The minimum absolute atomic E-state index is 0.301. The number of hydrogen-bond acceptors (Lipinski definition) is 1. The first-order chi connectivity index (χ1) is 5.74. The average Bonchev–Trinajstić information content (AvgIpc) is 2.03. The van der Waals surface area contributed by atoms with Crippen molar-refractivity contribution in [3.63, 3.8) is 0 Å². The molecule has 0 unspecified atom stereocenters. The molecule has 1 N–H and O–H groups in total. The Morgan fingerprint density at radius 2 is 2.25 bits per heavy atom. The van der Waals surface area contributed by atoms with Crippen molar-refractivity contribution in [1.29, 1.82) is 0 Å². The van der Waals surface area contributed by atoms with Gasteiger partial charge in [-0.1, -0.05) is 18.2 Å². The van der Waals surface area contributed by atoms with Crippen LogP contribution in [0.2, 0.25) is 0 Å². The summed E-state index contributed by atoms with van der Waals surface area (Å²) in [6, 6.07) is 5.27. The molecule has 0 saturated heterocycles. The minimum Gasteiger partial charge on any atom is -0.508 e. The van der Waals surface area contributed by atoms with E-state index in [1.54, 1.807) is 12.1 Å².